The fourth-order valence-electron chi connectivity index (χ4n) is 2.03. The highest BCUT2D eigenvalue weighted by atomic mass is 14.3. The highest BCUT2D eigenvalue weighted by Gasteiger charge is 2.21. The van der Waals surface area contributed by atoms with Crippen molar-refractivity contribution in [2.24, 2.45) is 10.8 Å². The molecule has 0 aromatic carbocycles. The van der Waals surface area contributed by atoms with Crippen LogP contribution in [0.3, 0.4) is 0 Å². The zero-order chi connectivity index (χ0) is 13.8. The predicted molar refractivity (Wildman–Crippen MR) is 82.7 cm³/mol. The van der Waals surface area contributed by atoms with Gasteiger partial charge in [-0.15, -0.1) is 0 Å². The van der Waals surface area contributed by atoms with Gasteiger partial charge in [-0.2, -0.15) is 0 Å². The third-order valence-electron chi connectivity index (χ3n) is 4.59. The van der Waals surface area contributed by atoms with E-state index in [1.54, 1.807) is 5.57 Å². The summed E-state index contributed by atoms with van der Waals surface area (Å²) in [4.78, 5) is 0. The van der Waals surface area contributed by atoms with Crippen LogP contribution in [0.4, 0.5) is 0 Å². The molecule has 0 nitrogen and oxygen atoms in total. The van der Waals surface area contributed by atoms with Crippen LogP contribution in [0.15, 0.2) is 35.5 Å². The summed E-state index contributed by atoms with van der Waals surface area (Å²) >= 11 is 0. The molecule has 0 spiro atoms. The van der Waals surface area contributed by atoms with E-state index < -0.39 is 0 Å². The van der Waals surface area contributed by atoms with E-state index in [9.17, 15) is 0 Å². The third-order valence-corrected chi connectivity index (χ3v) is 4.59. The van der Waals surface area contributed by atoms with Crippen molar-refractivity contribution in [2.45, 2.75) is 67.2 Å². The summed E-state index contributed by atoms with van der Waals surface area (Å²) < 4.78 is 0. The molecule has 0 saturated carbocycles. The summed E-state index contributed by atoms with van der Waals surface area (Å²) in [6.07, 6.45) is 14.2. The van der Waals surface area contributed by atoms with E-state index in [0.717, 1.165) is 0 Å². The first-order valence-corrected chi connectivity index (χ1v) is 7.40. The van der Waals surface area contributed by atoms with E-state index in [0.29, 0.717) is 10.8 Å². The van der Waals surface area contributed by atoms with E-state index in [1.807, 2.05) is 0 Å². The number of hydrogen-bond donors (Lipinski definition) is 0. The molecule has 102 valence electrons. The van der Waals surface area contributed by atoms with Crippen LogP contribution in [0.2, 0.25) is 0 Å². The van der Waals surface area contributed by atoms with Crippen molar-refractivity contribution in [3.63, 3.8) is 0 Å². The van der Waals surface area contributed by atoms with Crippen molar-refractivity contribution in [1.29, 1.82) is 0 Å². The van der Waals surface area contributed by atoms with Gasteiger partial charge in [0.25, 0.3) is 0 Å². The van der Waals surface area contributed by atoms with Gasteiger partial charge in [-0.25, -0.2) is 0 Å². The molecule has 0 heteroatoms. The Labute approximate surface area is 114 Å². The first-order chi connectivity index (χ1) is 8.30. The summed E-state index contributed by atoms with van der Waals surface area (Å²) in [5.74, 6) is 0. The van der Waals surface area contributed by atoms with Gasteiger partial charge in [0.15, 0.2) is 0 Å². The lowest BCUT2D eigenvalue weighted by atomic mass is 9.77. The van der Waals surface area contributed by atoms with Crippen LogP contribution >= 0.6 is 0 Å². The van der Waals surface area contributed by atoms with Gasteiger partial charge >= 0.3 is 0 Å². The maximum atomic E-state index is 2.36. The van der Waals surface area contributed by atoms with Gasteiger partial charge in [-0.05, 0) is 42.1 Å². The van der Waals surface area contributed by atoms with Gasteiger partial charge in [-0.1, -0.05) is 71.4 Å². The molecule has 0 radical (unpaired) electrons. The molecule has 0 N–H and O–H groups in total. The Bertz CT molecular complexity index is 361. The van der Waals surface area contributed by atoms with Crippen LogP contribution in [0.1, 0.15) is 67.2 Å². The average Bonchev–Trinajstić information content (AvgIpc) is 2.37. The highest BCUT2D eigenvalue weighted by Crippen LogP contribution is 2.36. The summed E-state index contributed by atoms with van der Waals surface area (Å²) in [5, 5.41) is 0. The quantitative estimate of drug-likeness (QED) is 0.553. The van der Waals surface area contributed by atoms with Gasteiger partial charge in [-0.3, -0.25) is 0 Å². The summed E-state index contributed by atoms with van der Waals surface area (Å²) in [7, 11) is 0. The fraction of sp³-hybridized carbons (Fsp3) is 0.667. The Morgan fingerprint density at radius 1 is 1.00 bits per heavy atom. The topological polar surface area (TPSA) is 0 Å². The molecule has 0 amide bonds. The molecule has 0 atom stereocenters. The van der Waals surface area contributed by atoms with Gasteiger partial charge in [0, 0.05) is 0 Å². The van der Waals surface area contributed by atoms with Crippen molar-refractivity contribution < 1.29 is 0 Å². The van der Waals surface area contributed by atoms with Crippen molar-refractivity contribution in [1.82, 2.24) is 0 Å². The molecule has 0 bridgehead atoms. The minimum atomic E-state index is 0.327. The first kappa shape index (κ1) is 15.3. The molecule has 1 aliphatic carbocycles. The molecule has 0 unspecified atom stereocenters. The molecule has 1 aliphatic rings. The SMILES string of the molecule is CCC(C)(C)/C=C/C1=CC=C(C(C)(C)CC)CC1. The molecule has 1 rings (SSSR count). The molecule has 0 saturated heterocycles. The minimum absolute atomic E-state index is 0.327. The van der Waals surface area contributed by atoms with E-state index in [-0.39, 0.29) is 0 Å². The highest BCUT2D eigenvalue weighted by molar-refractivity contribution is 5.33. The second kappa shape index (κ2) is 5.91. The molecule has 18 heavy (non-hydrogen) atoms. The van der Waals surface area contributed by atoms with Crippen molar-refractivity contribution in [2.75, 3.05) is 0 Å². The molecule has 0 aliphatic heterocycles. The molecule has 0 fully saturated rings. The third kappa shape index (κ3) is 4.15. The van der Waals surface area contributed by atoms with Crippen molar-refractivity contribution >= 4 is 0 Å². The maximum absolute atomic E-state index is 2.36. The fourth-order valence-corrected chi connectivity index (χ4v) is 2.03. The van der Waals surface area contributed by atoms with E-state index in [1.165, 1.54) is 31.3 Å². The van der Waals surface area contributed by atoms with Crippen molar-refractivity contribution in [3.8, 4) is 0 Å². The average molecular weight is 246 g/mol. The molecule has 0 aromatic heterocycles. The minimum Gasteiger partial charge on any atom is -0.0786 e. The second-order valence-electron chi connectivity index (χ2n) is 6.85. The van der Waals surface area contributed by atoms with Crippen LogP contribution in [0.5, 0.6) is 0 Å². The summed E-state index contributed by atoms with van der Waals surface area (Å²) in [6, 6.07) is 0. The Kier molecular flexibility index (Phi) is 5.01. The van der Waals surface area contributed by atoms with Gasteiger partial charge in [0.1, 0.15) is 0 Å². The van der Waals surface area contributed by atoms with E-state index >= 15 is 0 Å². The van der Waals surface area contributed by atoms with Crippen LogP contribution in [0, 0.1) is 10.8 Å². The molecule has 0 aromatic rings. The predicted octanol–water partition coefficient (Wildman–Crippen LogP) is 6.06. The summed E-state index contributed by atoms with van der Waals surface area (Å²) in [6.45, 7) is 13.8. The molecular formula is C18H30. The first-order valence-electron chi connectivity index (χ1n) is 7.40. The monoisotopic (exact) mass is 246 g/mol. The van der Waals surface area contributed by atoms with Crippen molar-refractivity contribution in [3.05, 3.63) is 35.5 Å². The largest absolute Gasteiger partial charge is 0.0786 e. The van der Waals surface area contributed by atoms with E-state index in [2.05, 4.69) is 65.8 Å². The number of hydrogen-bond acceptors (Lipinski definition) is 0. The molecular weight excluding hydrogens is 216 g/mol. The van der Waals surface area contributed by atoms with Gasteiger partial charge < -0.3 is 0 Å². The lowest BCUT2D eigenvalue weighted by Crippen LogP contribution is -2.15. The Hall–Kier alpha value is -0.780. The normalized spacial score (nSPS) is 17.9. The smallest absolute Gasteiger partial charge is 0.0144 e. The lowest BCUT2D eigenvalue weighted by molar-refractivity contribution is 0.412. The second-order valence-corrected chi connectivity index (χ2v) is 6.85. The summed E-state index contributed by atoms with van der Waals surface area (Å²) in [5.41, 5.74) is 3.78. The zero-order valence-corrected chi connectivity index (χ0v) is 13.1. The lowest BCUT2D eigenvalue weighted by Gasteiger charge is -2.29. The number of allylic oxidation sites excluding steroid dienone is 6. The standard InChI is InChI=1S/C18H30/c1-7-17(3,4)14-13-15-9-11-16(12-10-15)18(5,6)8-2/h9,11,13-14H,7-8,10,12H2,1-6H3/b14-13+. The molecule has 0 heterocycles. The van der Waals surface area contributed by atoms with Crippen LogP contribution in [-0.4, -0.2) is 0 Å². The Morgan fingerprint density at radius 2 is 1.67 bits per heavy atom. The Balaban J connectivity index is 2.75. The van der Waals surface area contributed by atoms with Gasteiger partial charge in [0.2, 0.25) is 0 Å². The Morgan fingerprint density at radius 3 is 2.11 bits per heavy atom. The van der Waals surface area contributed by atoms with E-state index in [4.69, 9.17) is 0 Å². The maximum Gasteiger partial charge on any atom is -0.0144 e. The van der Waals surface area contributed by atoms with Crippen LogP contribution in [0.25, 0.3) is 0 Å². The van der Waals surface area contributed by atoms with Crippen LogP contribution in [-0.2, 0) is 0 Å². The van der Waals surface area contributed by atoms with Gasteiger partial charge in [0.05, 0.1) is 0 Å². The van der Waals surface area contributed by atoms with Crippen LogP contribution < -0.4 is 0 Å². The zero-order valence-electron chi connectivity index (χ0n) is 13.1. The number of rotatable bonds is 5.